The summed E-state index contributed by atoms with van der Waals surface area (Å²) in [7, 11) is -0.685. The molecule has 6 nitrogen and oxygen atoms in total. The van der Waals surface area contributed by atoms with Crippen LogP contribution in [-0.2, 0) is 10.0 Å². The maximum absolute atomic E-state index is 12.0. The molecule has 0 spiro atoms. The predicted molar refractivity (Wildman–Crippen MR) is 87.4 cm³/mol. The van der Waals surface area contributed by atoms with Gasteiger partial charge < -0.3 is 10.5 Å². The lowest BCUT2D eigenvalue weighted by molar-refractivity contribution is 0.100. The van der Waals surface area contributed by atoms with Crippen LogP contribution in [0.5, 0.6) is 11.5 Å². The van der Waals surface area contributed by atoms with Crippen molar-refractivity contribution < 1.29 is 17.9 Å². The van der Waals surface area contributed by atoms with Crippen LogP contribution in [-0.4, -0.2) is 32.7 Å². The van der Waals surface area contributed by atoms with E-state index in [1.165, 1.54) is 44.4 Å². The van der Waals surface area contributed by atoms with Gasteiger partial charge in [0.15, 0.2) is 0 Å². The summed E-state index contributed by atoms with van der Waals surface area (Å²) in [5.41, 5.74) is 5.52. The molecule has 0 radical (unpaired) electrons. The lowest BCUT2D eigenvalue weighted by Gasteiger charge is -2.13. The van der Waals surface area contributed by atoms with Gasteiger partial charge in [0.1, 0.15) is 11.5 Å². The molecular formula is C15H15ClN2O4S. The molecular weight excluding hydrogens is 340 g/mol. The summed E-state index contributed by atoms with van der Waals surface area (Å²) in [6.07, 6.45) is 0. The number of ether oxygens (including phenoxy) is 1. The fourth-order valence-corrected chi connectivity index (χ4v) is 2.96. The Hall–Kier alpha value is -2.09. The number of hydrogen-bond donors (Lipinski definition) is 1. The highest BCUT2D eigenvalue weighted by Crippen LogP contribution is 2.32. The zero-order chi connectivity index (χ0) is 17.2. The number of amides is 1. The number of primary amides is 1. The van der Waals surface area contributed by atoms with Crippen LogP contribution in [0, 0.1) is 0 Å². The topological polar surface area (TPSA) is 89.7 Å². The molecule has 2 N–H and O–H groups in total. The first-order chi connectivity index (χ1) is 10.7. The molecule has 0 atom stereocenters. The first kappa shape index (κ1) is 17.3. The van der Waals surface area contributed by atoms with Crippen LogP contribution in [0.1, 0.15) is 10.4 Å². The van der Waals surface area contributed by atoms with Crippen molar-refractivity contribution in [2.75, 3.05) is 14.1 Å². The van der Waals surface area contributed by atoms with Gasteiger partial charge in [0, 0.05) is 19.7 Å². The second-order valence-electron chi connectivity index (χ2n) is 4.87. The number of nitrogens with two attached hydrogens (primary N) is 1. The fraction of sp³-hybridized carbons (Fsp3) is 0.133. The van der Waals surface area contributed by atoms with Crippen LogP contribution in [0.2, 0.25) is 5.02 Å². The highest BCUT2D eigenvalue weighted by atomic mass is 35.5. The average molecular weight is 355 g/mol. The summed E-state index contributed by atoms with van der Waals surface area (Å²) in [6, 6.07) is 10.4. The number of halogens is 1. The first-order valence-corrected chi connectivity index (χ1v) is 8.33. The Balaban J connectivity index is 2.27. The third kappa shape index (κ3) is 3.82. The van der Waals surface area contributed by atoms with E-state index in [0.29, 0.717) is 17.1 Å². The summed E-state index contributed by atoms with van der Waals surface area (Å²) in [5, 5.41) is 0.159. The fourth-order valence-electron chi connectivity index (χ4n) is 1.75. The second kappa shape index (κ2) is 6.57. The van der Waals surface area contributed by atoms with Crippen molar-refractivity contribution in [3.05, 3.63) is 53.1 Å². The molecule has 2 rings (SSSR count). The minimum Gasteiger partial charge on any atom is -0.456 e. The van der Waals surface area contributed by atoms with Crippen molar-refractivity contribution in [2.45, 2.75) is 4.90 Å². The largest absolute Gasteiger partial charge is 0.456 e. The quantitative estimate of drug-likeness (QED) is 0.893. The Morgan fingerprint density at radius 2 is 1.74 bits per heavy atom. The van der Waals surface area contributed by atoms with Crippen LogP contribution in [0.15, 0.2) is 47.4 Å². The number of rotatable bonds is 5. The SMILES string of the molecule is CN(C)S(=O)(=O)c1ccc(Oc2ccc(C(N)=O)cc2)c(Cl)c1. The molecule has 0 heterocycles. The normalized spacial score (nSPS) is 11.5. The van der Waals surface area contributed by atoms with Crippen molar-refractivity contribution in [2.24, 2.45) is 5.73 Å². The highest BCUT2D eigenvalue weighted by molar-refractivity contribution is 7.89. The minimum atomic E-state index is -3.56. The molecule has 0 aliphatic rings. The summed E-state index contributed by atoms with van der Waals surface area (Å²) in [5.74, 6) is 0.212. The van der Waals surface area contributed by atoms with Gasteiger partial charge in [-0.05, 0) is 42.5 Å². The van der Waals surface area contributed by atoms with Crippen molar-refractivity contribution >= 4 is 27.5 Å². The van der Waals surface area contributed by atoms with Gasteiger partial charge in [-0.1, -0.05) is 11.6 Å². The van der Waals surface area contributed by atoms with Crippen LogP contribution < -0.4 is 10.5 Å². The molecule has 0 fully saturated rings. The van der Waals surface area contributed by atoms with E-state index in [-0.39, 0.29) is 9.92 Å². The molecule has 0 aliphatic carbocycles. The van der Waals surface area contributed by atoms with Gasteiger partial charge in [0.2, 0.25) is 15.9 Å². The van der Waals surface area contributed by atoms with Gasteiger partial charge in [0.05, 0.1) is 9.92 Å². The molecule has 2 aromatic rings. The molecule has 0 aromatic heterocycles. The molecule has 0 unspecified atom stereocenters. The predicted octanol–water partition coefficient (Wildman–Crippen LogP) is 2.48. The highest BCUT2D eigenvalue weighted by Gasteiger charge is 2.18. The molecule has 0 aliphatic heterocycles. The Morgan fingerprint density at radius 1 is 1.13 bits per heavy atom. The van der Waals surface area contributed by atoms with Gasteiger partial charge in [0.25, 0.3) is 0 Å². The second-order valence-corrected chi connectivity index (χ2v) is 7.43. The van der Waals surface area contributed by atoms with Gasteiger partial charge in [-0.3, -0.25) is 4.79 Å². The first-order valence-electron chi connectivity index (χ1n) is 6.51. The Morgan fingerprint density at radius 3 is 2.22 bits per heavy atom. The number of hydrogen-bond acceptors (Lipinski definition) is 4. The third-order valence-electron chi connectivity index (χ3n) is 3.05. The molecule has 0 bridgehead atoms. The maximum atomic E-state index is 12.0. The molecule has 1 amide bonds. The monoisotopic (exact) mass is 354 g/mol. The van der Waals surface area contributed by atoms with Crippen molar-refractivity contribution in [1.82, 2.24) is 4.31 Å². The molecule has 23 heavy (non-hydrogen) atoms. The molecule has 0 saturated carbocycles. The number of carbonyl (C=O) groups is 1. The number of sulfonamides is 1. The Labute approximate surface area is 139 Å². The van der Waals surface area contributed by atoms with E-state index >= 15 is 0 Å². The maximum Gasteiger partial charge on any atom is 0.248 e. The van der Waals surface area contributed by atoms with E-state index in [1.54, 1.807) is 12.1 Å². The standard InChI is InChI=1S/C15H15ClN2O4S/c1-18(2)23(20,21)12-7-8-14(13(16)9-12)22-11-5-3-10(4-6-11)15(17)19/h3-9H,1-2H3,(H2,17,19). The van der Waals surface area contributed by atoms with Crippen molar-refractivity contribution in [1.29, 1.82) is 0 Å². The van der Waals surface area contributed by atoms with E-state index in [2.05, 4.69) is 0 Å². The molecule has 122 valence electrons. The third-order valence-corrected chi connectivity index (χ3v) is 5.16. The number of benzene rings is 2. The van der Waals surface area contributed by atoms with E-state index in [9.17, 15) is 13.2 Å². The van der Waals surface area contributed by atoms with E-state index in [4.69, 9.17) is 22.1 Å². The Kier molecular flexibility index (Phi) is 4.93. The van der Waals surface area contributed by atoms with Crippen LogP contribution >= 0.6 is 11.6 Å². The molecule has 8 heteroatoms. The number of carbonyl (C=O) groups excluding carboxylic acids is 1. The van der Waals surface area contributed by atoms with Crippen molar-refractivity contribution in [3.8, 4) is 11.5 Å². The smallest absolute Gasteiger partial charge is 0.248 e. The van der Waals surface area contributed by atoms with E-state index in [1.807, 2.05) is 0 Å². The van der Waals surface area contributed by atoms with Crippen LogP contribution in [0.4, 0.5) is 0 Å². The van der Waals surface area contributed by atoms with Crippen LogP contribution in [0.3, 0.4) is 0 Å². The van der Waals surface area contributed by atoms with Crippen molar-refractivity contribution in [3.63, 3.8) is 0 Å². The molecule has 0 saturated heterocycles. The summed E-state index contributed by atoms with van der Waals surface area (Å²) in [6.45, 7) is 0. The zero-order valence-corrected chi connectivity index (χ0v) is 14.1. The summed E-state index contributed by atoms with van der Waals surface area (Å²) in [4.78, 5) is 11.1. The van der Waals surface area contributed by atoms with Gasteiger partial charge in [-0.2, -0.15) is 0 Å². The minimum absolute atomic E-state index is 0.0731. The lowest BCUT2D eigenvalue weighted by Crippen LogP contribution is -2.22. The van der Waals surface area contributed by atoms with Gasteiger partial charge in [-0.15, -0.1) is 0 Å². The lowest BCUT2D eigenvalue weighted by atomic mass is 10.2. The summed E-state index contributed by atoms with van der Waals surface area (Å²) < 4.78 is 30.8. The average Bonchev–Trinajstić information content (AvgIpc) is 2.49. The summed E-state index contributed by atoms with van der Waals surface area (Å²) >= 11 is 6.09. The van der Waals surface area contributed by atoms with Gasteiger partial charge in [-0.25, -0.2) is 12.7 Å². The zero-order valence-electron chi connectivity index (χ0n) is 12.5. The van der Waals surface area contributed by atoms with E-state index < -0.39 is 15.9 Å². The molecule has 2 aromatic carbocycles. The van der Waals surface area contributed by atoms with Crippen LogP contribution in [0.25, 0.3) is 0 Å². The van der Waals surface area contributed by atoms with E-state index in [0.717, 1.165) is 4.31 Å². The number of nitrogens with zero attached hydrogens (tertiary/aromatic N) is 1. The Bertz CT molecular complexity index is 833. The van der Waals surface area contributed by atoms with Gasteiger partial charge >= 0.3 is 0 Å².